The zero-order valence-electron chi connectivity index (χ0n) is 16.8. The Bertz CT molecular complexity index is 1090. The first-order valence-electron chi connectivity index (χ1n) is 9.85. The minimum Gasteiger partial charge on any atom is -0.305 e. The third kappa shape index (κ3) is 3.56. The lowest BCUT2D eigenvalue weighted by molar-refractivity contribution is -0.117. The van der Waals surface area contributed by atoms with Gasteiger partial charge in [0.15, 0.2) is 0 Å². The molecule has 0 radical (unpaired) electrons. The summed E-state index contributed by atoms with van der Waals surface area (Å²) in [7, 11) is 0. The highest BCUT2D eigenvalue weighted by molar-refractivity contribution is 6.07. The van der Waals surface area contributed by atoms with E-state index in [-0.39, 0.29) is 29.5 Å². The number of fused-ring (bicyclic) bond motifs is 1. The topological polar surface area (TPSA) is 53.5 Å². The molecular formula is C24H22FN3O2. The van der Waals surface area contributed by atoms with E-state index >= 15 is 0 Å². The van der Waals surface area contributed by atoms with Crippen molar-refractivity contribution in [2.24, 2.45) is 0 Å². The van der Waals surface area contributed by atoms with Crippen LogP contribution in [0.2, 0.25) is 0 Å². The second kappa shape index (κ2) is 8.06. The lowest BCUT2D eigenvalue weighted by atomic mass is 9.89. The van der Waals surface area contributed by atoms with Gasteiger partial charge in [-0.3, -0.25) is 14.6 Å². The van der Waals surface area contributed by atoms with Gasteiger partial charge in [-0.2, -0.15) is 0 Å². The van der Waals surface area contributed by atoms with Crippen LogP contribution in [0.15, 0.2) is 73.1 Å². The van der Waals surface area contributed by atoms with Crippen molar-refractivity contribution < 1.29 is 14.0 Å². The molecule has 0 unspecified atom stereocenters. The maximum atomic E-state index is 13.7. The molecular weight excluding hydrogens is 381 g/mol. The average Bonchev–Trinajstić information content (AvgIpc) is 2.74. The maximum absolute atomic E-state index is 13.7. The third-order valence-corrected chi connectivity index (χ3v) is 5.42. The van der Waals surface area contributed by atoms with Crippen molar-refractivity contribution in [3.8, 4) is 0 Å². The minimum absolute atomic E-state index is 0.0673. The number of nitrogens with zero attached hydrogens (tertiary/aromatic N) is 3. The number of pyridine rings is 1. The van der Waals surface area contributed by atoms with E-state index in [1.807, 2.05) is 61.5 Å². The highest BCUT2D eigenvalue weighted by Gasteiger charge is 2.38. The lowest BCUT2D eigenvalue weighted by Crippen LogP contribution is -2.47. The van der Waals surface area contributed by atoms with Gasteiger partial charge in [0.05, 0.1) is 17.8 Å². The van der Waals surface area contributed by atoms with Crippen molar-refractivity contribution in [2.45, 2.75) is 32.4 Å². The fraction of sp³-hybridized carbons (Fsp3) is 0.208. The largest absolute Gasteiger partial charge is 0.305 e. The van der Waals surface area contributed by atoms with Crippen molar-refractivity contribution >= 4 is 23.2 Å². The molecule has 2 heterocycles. The molecule has 2 aromatic carbocycles. The monoisotopic (exact) mass is 403 g/mol. The Labute approximate surface area is 174 Å². The highest BCUT2D eigenvalue weighted by atomic mass is 19.1. The van der Waals surface area contributed by atoms with Gasteiger partial charge in [-0.25, -0.2) is 4.39 Å². The third-order valence-electron chi connectivity index (χ3n) is 5.42. The molecule has 2 atom stereocenters. The number of rotatable bonds is 3. The summed E-state index contributed by atoms with van der Waals surface area (Å²) in [6.45, 7) is 3.49. The molecule has 0 fully saturated rings. The molecule has 6 heteroatoms. The number of para-hydroxylation sites is 2. The Morgan fingerprint density at radius 2 is 1.77 bits per heavy atom. The zero-order valence-corrected chi connectivity index (χ0v) is 16.8. The van der Waals surface area contributed by atoms with Gasteiger partial charge in [0.1, 0.15) is 5.82 Å². The molecule has 3 aromatic rings. The Balaban J connectivity index is 1.79. The van der Waals surface area contributed by atoms with Gasteiger partial charge in [-0.05, 0) is 43.2 Å². The number of carbonyl (C=O) groups excluding carboxylic acids is 2. The number of aromatic nitrogens is 1. The van der Waals surface area contributed by atoms with Crippen LogP contribution in [0.4, 0.5) is 15.8 Å². The van der Waals surface area contributed by atoms with Crippen LogP contribution in [-0.2, 0) is 4.79 Å². The van der Waals surface area contributed by atoms with Gasteiger partial charge < -0.3 is 9.80 Å². The van der Waals surface area contributed by atoms with Crippen molar-refractivity contribution in [2.75, 3.05) is 9.80 Å². The number of hydrogen-bond acceptors (Lipinski definition) is 3. The summed E-state index contributed by atoms with van der Waals surface area (Å²) in [5.74, 6) is -0.930. The molecule has 0 N–H and O–H groups in total. The molecule has 0 bridgehead atoms. The Morgan fingerprint density at radius 1 is 1.07 bits per heavy atom. The Kier molecular flexibility index (Phi) is 5.31. The van der Waals surface area contributed by atoms with Crippen molar-refractivity contribution in [3.05, 3.63) is 90.0 Å². The van der Waals surface area contributed by atoms with E-state index < -0.39 is 5.82 Å². The standard InChI is InChI=1S/C24H22FN3O2/c1-16-12-23(28(17(2)29)20-8-4-3-5-9-20)21-10-6-7-11-22(21)27(16)24(30)18-13-19(25)15-26-14-18/h3-11,13-16,23H,12H2,1-2H3/t16-,23+/m1/s1. The van der Waals surface area contributed by atoms with Crippen LogP contribution in [-0.4, -0.2) is 22.8 Å². The first-order valence-corrected chi connectivity index (χ1v) is 9.85. The van der Waals surface area contributed by atoms with E-state index in [1.54, 1.807) is 16.7 Å². The van der Waals surface area contributed by atoms with Gasteiger partial charge in [-0.15, -0.1) is 0 Å². The number of amides is 2. The first kappa shape index (κ1) is 19.8. The molecule has 4 rings (SSSR count). The smallest absolute Gasteiger partial charge is 0.260 e. The number of benzene rings is 2. The molecule has 5 nitrogen and oxygen atoms in total. The number of anilines is 2. The fourth-order valence-electron chi connectivity index (χ4n) is 4.17. The summed E-state index contributed by atoms with van der Waals surface area (Å²) >= 11 is 0. The van der Waals surface area contributed by atoms with Crippen LogP contribution in [0.1, 0.15) is 42.2 Å². The normalized spacial score (nSPS) is 17.9. The van der Waals surface area contributed by atoms with Crippen LogP contribution in [0, 0.1) is 5.82 Å². The van der Waals surface area contributed by atoms with Crippen LogP contribution in [0.5, 0.6) is 0 Å². The SMILES string of the molecule is CC(=O)N(c1ccccc1)[C@H]1C[C@@H](C)N(C(=O)c2cncc(F)c2)c2ccccc21. The summed E-state index contributed by atoms with van der Waals surface area (Å²) in [6, 6.07) is 17.9. The molecule has 1 aliphatic rings. The number of hydrogen-bond donors (Lipinski definition) is 0. The number of carbonyl (C=O) groups is 2. The van der Waals surface area contributed by atoms with Crippen LogP contribution in [0.3, 0.4) is 0 Å². The second-order valence-corrected chi connectivity index (χ2v) is 7.45. The van der Waals surface area contributed by atoms with Gasteiger partial charge >= 0.3 is 0 Å². The molecule has 30 heavy (non-hydrogen) atoms. The predicted molar refractivity (Wildman–Crippen MR) is 114 cm³/mol. The van der Waals surface area contributed by atoms with E-state index in [0.717, 1.165) is 23.1 Å². The summed E-state index contributed by atoms with van der Waals surface area (Å²) < 4.78 is 13.7. The molecule has 1 aliphatic heterocycles. The van der Waals surface area contributed by atoms with E-state index in [0.29, 0.717) is 6.42 Å². The molecule has 0 saturated heterocycles. The molecule has 0 aliphatic carbocycles. The first-order chi connectivity index (χ1) is 14.5. The van der Waals surface area contributed by atoms with Crippen molar-refractivity contribution in [3.63, 3.8) is 0 Å². The van der Waals surface area contributed by atoms with Crippen molar-refractivity contribution in [1.29, 1.82) is 0 Å². The fourth-order valence-corrected chi connectivity index (χ4v) is 4.17. The average molecular weight is 403 g/mol. The highest BCUT2D eigenvalue weighted by Crippen LogP contribution is 2.42. The van der Waals surface area contributed by atoms with Crippen LogP contribution >= 0.6 is 0 Å². The molecule has 2 amide bonds. The number of halogens is 1. The summed E-state index contributed by atoms with van der Waals surface area (Å²) in [4.78, 5) is 33.1. The van der Waals surface area contributed by atoms with E-state index in [4.69, 9.17) is 0 Å². The zero-order chi connectivity index (χ0) is 21.3. The van der Waals surface area contributed by atoms with Crippen LogP contribution < -0.4 is 9.80 Å². The summed E-state index contributed by atoms with van der Waals surface area (Å²) in [5.41, 5.74) is 2.61. The van der Waals surface area contributed by atoms with E-state index in [1.165, 1.54) is 12.3 Å². The maximum Gasteiger partial charge on any atom is 0.260 e. The predicted octanol–water partition coefficient (Wildman–Crippen LogP) is 4.75. The quantitative estimate of drug-likeness (QED) is 0.634. The second-order valence-electron chi connectivity index (χ2n) is 7.45. The molecule has 0 saturated carbocycles. The van der Waals surface area contributed by atoms with Crippen molar-refractivity contribution in [1.82, 2.24) is 4.98 Å². The molecule has 0 spiro atoms. The van der Waals surface area contributed by atoms with E-state index in [9.17, 15) is 14.0 Å². The Hall–Kier alpha value is -3.54. The van der Waals surface area contributed by atoms with E-state index in [2.05, 4.69) is 4.98 Å². The van der Waals surface area contributed by atoms with Gasteiger partial charge in [-0.1, -0.05) is 36.4 Å². The lowest BCUT2D eigenvalue weighted by Gasteiger charge is -2.43. The van der Waals surface area contributed by atoms with Crippen LogP contribution in [0.25, 0.3) is 0 Å². The van der Waals surface area contributed by atoms with Gasteiger partial charge in [0.2, 0.25) is 5.91 Å². The summed E-state index contributed by atoms with van der Waals surface area (Å²) in [5, 5.41) is 0. The minimum atomic E-state index is -0.552. The van der Waals surface area contributed by atoms with Gasteiger partial charge in [0.25, 0.3) is 5.91 Å². The van der Waals surface area contributed by atoms with Gasteiger partial charge in [0, 0.05) is 30.5 Å². The molecule has 152 valence electrons. The summed E-state index contributed by atoms with van der Waals surface area (Å²) in [6.07, 6.45) is 3.00. The Morgan fingerprint density at radius 3 is 2.47 bits per heavy atom. The molecule has 1 aromatic heterocycles.